The van der Waals surface area contributed by atoms with Gasteiger partial charge in [-0.15, -0.1) is 0 Å². The summed E-state index contributed by atoms with van der Waals surface area (Å²) in [5, 5.41) is 0. The lowest BCUT2D eigenvalue weighted by molar-refractivity contribution is 0.324. The van der Waals surface area contributed by atoms with Crippen LogP contribution in [-0.4, -0.2) is 54.1 Å². The van der Waals surface area contributed by atoms with E-state index in [9.17, 15) is 8.42 Å². The van der Waals surface area contributed by atoms with E-state index in [1.807, 2.05) is 13.1 Å². The molecule has 1 aliphatic rings. The van der Waals surface area contributed by atoms with Crippen molar-refractivity contribution in [3.63, 3.8) is 0 Å². The number of sulfonamides is 1. The number of nitrogens with zero attached hydrogens (tertiary/aromatic N) is 2. The molecule has 8 nitrogen and oxygen atoms in total. The lowest BCUT2D eigenvalue weighted by Crippen LogP contribution is -2.32. The molecular weight excluding hydrogens is 404 g/mol. The van der Waals surface area contributed by atoms with E-state index in [2.05, 4.69) is 11.8 Å². The van der Waals surface area contributed by atoms with E-state index in [0.29, 0.717) is 13.1 Å². The van der Waals surface area contributed by atoms with Crippen LogP contribution in [0, 0.1) is 0 Å². The second-order valence-electron chi connectivity index (χ2n) is 7.08. The number of unbranched alkanes of at least 4 members (excludes halogenated alkanes) is 9. The van der Waals surface area contributed by atoms with Gasteiger partial charge in [0.2, 0.25) is 10.0 Å². The lowest BCUT2D eigenvalue weighted by Gasteiger charge is -2.20. The molecule has 0 saturated heterocycles. The van der Waals surface area contributed by atoms with Crippen molar-refractivity contribution in [2.75, 3.05) is 19.0 Å². The molecule has 2 N–H and O–H groups in total. The van der Waals surface area contributed by atoms with Crippen LogP contribution in [-0.2, 0) is 20.4 Å². The van der Waals surface area contributed by atoms with Crippen LogP contribution in [0.25, 0.3) is 0 Å². The summed E-state index contributed by atoms with van der Waals surface area (Å²) in [6.45, 7) is 5.62. The first kappa shape index (κ1) is 27.2. The van der Waals surface area contributed by atoms with Gasteiger partial charge in [0.15, 0.2) is 0 Å². The molecule has 0 fully saturated rings. The van der Waals surface area contributed by atoms with E-state index >= 15 is 0 Å². The second kappa shape index (κ2) is 15.1. The fraction of sp³-hybridized carbons (Fsp3) is 0.889. The Balaban J connectivity index is 0.00000129. The number of rotatable bonds is 14. The van der Waals surface area contributed by atoms with Crippen LogP contribution in [0.3, 0.4) is 0 Å². The van der Waals surface area contributed by atoms with Crippen molar-refractivity contribution < 1.29 is 25.9 Å². The van der Waals surface area contributed by atoms with Crippen molar-refractivity contribution in [2.24, 2.45) is 0 Å². The van der Waals surface area contributed by atoms with Gasteiger partial charge in [-0.05, 0) is 12.8 Å². The Hall–Kier alpha value is -0.840. The third-order valence-electron chi connectivity index (χ3n) is 4.38. The summed E-state index contributed by atoms with van der Waals surface area (Å²) in [5.41, 5.74) is 0. The van der Waals surface area contributed by atoms with E-state index in [1.165, 1.54) is 62.1 Å². The van der Waals surface area contributed by atoms with Gasteiger partial charge in [-0.2, -0.15) is 8.42 Å². The van der Waals surface area contributed by atoms with Gasteiger partial charge in [-0.1, -0.05) is 71.6 Å². The third-order valence-corrected chi connectivity index (χ3v) is 6.26. The summed E-state index contributed by atoms with van der Waals surface area (Å²) in [6.07, 6.45) is 17.6. The normalized spacial score (nSPS) is 14.3. The molecule has 1 aliphatic heterocycles. The van der Waals surface area contributed by atoms with Gasteiger partial charge < -0.3 is 4.90 Å². The highest BCUT2D eigenvalue weighted by Gasteiger charge is 2.22. The fourth-order valence-corrected chi connectivity index (χ4v) is 4.26. The Morgan fingerprint density at radius 3 is 1.68 bits per heavy atom. The first-order chi connectivity index (χ1) is 13.1. The second-order valence-corrected chi connectivity index (χ2v) is 10.0. The zero-order chi connectivity index (χ0) is 21.5. The molecule has 0 bridgehead atoms. The molecule has 0 aliphatic carbocycles. The van der Waals surface area contributed by atoms with Crippen molar-refractivity contribution >= 4 is 20.4 Å². The maximum atomic E-state index is 12.0. The first-order valence-corrected chi connectivity index (χ1v) is 13.2. The summed E-state index contributed by atoms with van der Waals surface area (Å²) in [6, 6.07) is 0. The standard InChI is InChI=1S/C18H36N2O2S.H2O4S/c1-3-5-6-7-8-9-10-11-12-13-14-19-15-16-20(18-19)23(21,22)17-4-2;1-5(2,3)4/h15-16H,3-14,17-18H2,1-2H3;(H2,1,2,3,4). The van der Waals surface area contributed by atoms with Gasteiger partial charge in [0.1, 0.15) is 6.67 Å². The molecule has 0 saturated carbocycles. The zero-order valence-electron chi connectivity index (χ0n) is 17.3. The van der Waals surface area contributed by atoms with Crippen LogP contribution in [0.1, 0.15) is 84.5 Å². The molecule has 0 aromatic heterocycles. The Morgan fingerprint density at radius 1 is 0.750 bits per heavy atom. The Kier molecular flexibility index (Phi) is 14.6. The van der Waals surface area contributed by atoms with E-state index < -0.39 is 20.4 Å². The Bertz CT molecular complexity index is 612. The molecular formula is C18H38N2O6S2. The number of hydrogen-bond donors (Lipinski definition) is 2. The van der Waals surface area contributed by atoms with Gasteiger partial charge >= 0.3 is 10.4 Å². The largest absolute Gasteiger partial charge is 0.394 e. The summed E-state index contributed by atoms with van der Waals surface area (Å²) in [5.74, 6) is 0.240. The van der Waals surface area contributed by atoms with E-state index in [1.54, 1.807) is 6.20 Å². The minimum atomic E-state index is -4.67. The van der Waals surface area contributed by atoms with Crippen molar-refractivity contribution in [3.8, 4) is 0 Å². The van der Waals surface area contributed by atoms with Crippen molar-refractivity contribution in [1.82, 2.24) is 9.21 Å². The number of hydrogen-bond acceptors (Lipinski definition) is 5. The molecule has 0 atom stereocenters. The van der Waals surface area contributed by atoms with Gasteiger partial charge in [-0.25, -0.2) is 8.42 Å². The molecule has 10 heteroatoms. The molecule has 1 heterocycles. The average molecular weight is 443 g/mol. The SMILES string of the molecule is CCCCCCCCCCCCN1C=CN(S(=O)(=O)CCC)C1.O=S(=O)(O)O. The van der Waals surface area contributed by atoms with Gasteiger partial charge in [0, 0.05) is 18.9 Å². The predicted octanol–water partition coefficient (Wildman–Crippen LogP) is 4.04. The maximum Gasteiger partial charge on any atom is 0.394 e. The van der Waals surface area contributed by atoms with E-state index in [0.717, 1.165) is 13.0 Å². The Labute approximate surface area is 171 Å². The van der Waals surface area contributed by atoms with Crippen LogP contribution < -0.4 is 0 Å². The molecule has 0 aromatic rings. The topological polar surface area (TPSA) is 115 Å². The van der Waals surface area contributed by atoms with E-state index in [4.69, 9.17) is 17.5 Å². The highest BCUT2D eigenvalue weighted by Crippen LogP contribution is 2.15. The minimum absolute atomic E-state index is 0.240. The third kappa shape index (κ3) is 16.1. The molecule has 28 heavy (non-hydrogen) atoms. The average Bonchev–Trinajstić information content (AvgIpc) is 3.05. The van der Waals surface area contributed by atoms with Gasteiger partial charge in [0.05, 0.1) is 5.75 Å². The summed E-state index contributed by atoms with van der Waals surface area (Å²) >= 11 is 0. The van der Waals surface area contributed by atoms with E-state index in [-0.39, 0.29) is 5.75 Å². The van der Waals surface area contributed by atoms with Gasteiger partial charge in [0.25, 0.3) is 0 Å². The van der Waals surface area contributed by atoms with Crippen LogP contribution in [0.5, 0.6) is 0 Å². The van der Waals surface area contributed by atoms with Crippen molar-refractivity contribution in [3.05, 3.63) is 12.4 Å². The molecule has 0 unspecified atom stereocenters. The van der Waals surface area contributed by atoms with Crippen LogP contribution in [0.2, 0.25) is 0 Å². The molecule has 0 radical (unpaired) electrons. The highest BCUT2D eigenvalue weighted by atomic mass is 32.3. The molecule has 168 valence electrons. The lowest BCUT2D eigenvalue weighted by atomic mass is 10.1. The minimum Gasteiger partial charge on any atom is -0.358 e. The van der Waals surface area contributed by atoms with Crippen molar-refractivity contribution in [1.29, 1.82) is 0 Å². The summed E-state index contributed by atoms with van der Waals surface area (Å²) in [4.78, 5) is 2.11. The smallest absolute Gasteiger partial charge is 0.358 e. The Morgan fingerprint density at radius 2 is 1.21 bits per heavy atom. The fourth-order valence-electron chi connectivity index (χ4n) is 2.95. The zero-order valence-corrected chi connectivity index (χ0v) is 18.9. The van der Waals surface area contributed by atoms with Crippen LogP contribution >= 0.6 is 0 Å². The predicted molar refractivity (Wildman–Crippen MR) is 113 cm³/mol. The summed E-state index contributed by atoms with van der Waals surface area (Å²) in [7, 11) is -7.76. The van der Waals surface area contributed by atoms with Gasteiger partial charge in [-0.3, -0.25) is 13.4 Å². The monoisotopic (exact) mass is 442 g/mol. The molecule has 0 spiro atoms. The van der Waals surface area contributed by atoms with Crippen LogP contribution in [0.15, 0.2) is 12.4 Å². The first-order valence-electron chi connectivity index (χ1n) is 10.2. The molecule has 1 rings (SSSR count). The van der Waals surface area contributed by atoms with Crippen LogP contribution in [0.4, 0.5) is 0 Å². The maximum absolute atomic E-state index is 12.0. The quantitative estimate of drug-likeness (QED) is 0.308. The molecule has 0 aromatic carbocycles. The van der Waals surface area contributed by atoms with Crippen molar-refractivity contribution in [2.45, 2.75) is 84.5 Å². The highest BCUT2D eigenvalue weighted by molar-refractivity contribution is 7.89. The molecule has 0 amide bonds. The summed E-state index contributed by atoms with van der Waals surface area (Å²) < 4.78 is 57.0.